The third-order valence-electron chi connectivity index (χ3n) is 2.28. The van der Waals surface area contributed by atoms with Crippen LogP contribution in [-0.4, -0.2) is 23.0 Å². The highest BCUT2D eigenvalue weighted by Crippen LogP contribution is 2.13. The van der Waals surface area contributed by atoms with Crippen molar-refractivity contribution in [2.75, 3.05) is 0 Å². The summed E-state index contributed by atoms with van der Waals surface area (Å²) in [5.74, 6) is -1.29. The lowest BCUT2D eigenvalue weighted by molar-refractivity contribution is -0.139. The van der Waals surface area contributed by atoms with Gasteiger partial charge in [0.2, 0.25) is 0 Å². The Balaban J connectivity index is 2.69. The predicted octanol–water partition coefficient (Wildman–Crippen LogP) is 2.04. The zero-order valence-electron chi connectivity index (χ0n) is 9.32. The SMILES string of the molecule is CCC[C@@H](NC(=O)c1cscc1C)C(=O)O. The number of rotatable bonds is 5. The van der Waals surface area contributed by atoms with Crippen molar-refractivity contribution in [2.45, 2.75) is 32.7 Å². The van der Waals surface area contributed by atoms with E-state index in [2.05, 4.69) is 5.32 Å². The van der Waals surface area contributed by atoms with Crippen LogP contribution in [0.2, 0.25) is 0 Å². The molecule has 0 fully saturated rings. The number of thiophene rings is 1. The molecule has 1 aromatic rings. The van der Waals surface area contributed by atoms with Crippen LogP contribution in [0.4, 0.5) is 0 Å². The third-order valence-corrected chi connectivity index (χ3v) is 3.14. The van der Waals surface area contributed by atoms with Crippen molar-refractivity contribution in [3.8, 4) is 0 Å². The zero-order valence-corrected chi connectivity index (χ0v) is 10.1. The monoisotopic (exact) mass is 241 g/mol. The van der Waals surface area contributed by atoms with Crippen molar-refractivity contribution in [1.82, 2.24) is 5.32 Å². The number of hydrogen-bond donors (Lipinski definition) is 2. The van der Waals surface area contributed by atoms with Gasteiger partial charge in [-0.3, -0.25) is 4.79 Å². The molecule has 2 N–H and O–H groups in total. The van der Waals surface area contributed by atoms with Crippen LogP contribution in [-0.2, 0) is 4.79 Å². The molecule has 0 aliphatic heterocycles. The van der Waals surface area contributed by atoms with E-state index in [4.69, 9.17) is 5.11 Å². The maximum Gasteiger partial charge on any atom is 0.326 e. The molecule has 1 heterocycles. The summed E-state index contributed by atoms with van der Waals surface area (Å²) in [6, 6.07) is -0.795. The molecule has 0 radical (unpaired) electrons. The van der Waals surface area contributed by atoms with Gasteiger partial charge in [-0.15, -0.1) is 0 Å². The summed E-state index contributed by atoms with van der Waals surface area (Å²) in [5.41, 5.74) is 1.44. The van der Waals surface area contributed by atoms with Crippen LogP contribution >= 0.6 is 11.3 Å². The van der Waals surface area contributed by atoms with E-state index in [1.54, 1.807) is 5.38 Å². The van der Waals surface area contributed by atoms with Gasteiger partial charge in [-0.2, -0.15) is 11.3 Å². The predicted molar refractivity (Wildman–Crippen MR) is 62.9 cm³/mol. The fraction of sp³-hybridized carbons (Fsp3) is 0.455. The Bertz CT molecular complexity index is 386. The van der Waals surface area contributed by atoms with Crippen LogP contribution in [0.3, 0.4) is 0 Å². The zero-order chi connectivity index (χ0) is 12.1. The number of nitrogens with one attached hydrogen (secondary N) is 1. The average Bonchev–Trinajstić information content (AvgIpc) is 2.63. The fourth-order valence-corrected chi connectivity index (χ4v) is 2.20. The van der Waals surface area contributed by atoms with E-state index in [9.17, 15) is 9.59 Å². The molecule has 0 aliphatic rings. The van der Waals surface area contributed by atoms with Crippen molar-refractivity contribution in [1.29, 1.82) is 0 Å². The normalized spacial score (nSPS) is 12.1. The van der Waals surface area contributed by atoms with Gasteiger partial charge in [0.15, 0.2) is 0 Å². The maximum absolute atomic E-state index is 11.7. The van der Waals surface area contributed by atoms with Crippen molar-refractivity contribution in [3.63, 3.8) is 0 Å². The van der Waals surface area contributed by atoms with Gasteiger partial charge in [0, 0.05) is 5.38 Å². The highest BCUT2D eigenvalue weighted by atomic mass is 32.1. The molecule has 5 heteroatoms. The summed E-state index contributed by atoms with van der Waals surface area (Å²) < 4.78 is 0. The van der Waals surface area contributed by atoms with Crippen LogP contribution in [0.25, 0.3) is 0 Å². The minimum atomic E-state index is -0.983. The molecule has 0 aliphatic carbocycles. The maximum atomic E-state index is 11.7. The molecule has 0 bridgehead atoms. The number of carbonyl (C=O) groups excluding carboxylic acids is 1. The number of hydrogen-bond acceptors (Lipinski definition) is 3. The molecular formula is C11H15NO3S. The molecule has 88 valence electrons. The molecule has 1 rings (SSSR count). The smallest absolute Gasteiger partial charge is 0.326 e. The first-order chi connectivity index (χ1) is 7.56. The second-order valence-corrected chi connectivity index (χ2v) is 4.37. The van der Waals surface area contributed by atoms with Gasteiger partial charge >= 0.3 is 5.97 Å². The van der Waals surface area contributed by atoms with E-state index in [1.165, 1.54) is 11.3 Å². The van der Waals surface area contributed by atoms with Gasteiger partial charge in [-0.05, 0) is 24.3 Å². The van der Waals surface area contributed by atoms with Gasteiger partial charge in [0.05, 0.1) is 5.56 Å². The lowest BCUT2D eigenvalue weighted by Gasteiger charge is -2.13. The van der Waals surface area contributed by atoms with E-state index < -0.39 is 12.0 Å². The molecule has 4 nitrogen and oxygen atoms in total. The highest BCUT2D eigenvalue weighted by molar-refractivity contribution is 7.08. The molecule has 0 unspecified atom stereocenters. The Labute approximate surface area is 98.3 Å². The van der Waals surface area contributed by atoms with Gasteiger partial charge < -0.3 is 10.4 Å². The quantitative estimate of drug-likeness (QED) is 0.829. The largest absolute Gasteiger partial charge is 0.480 e. The van der Waals surface area contributed by atoms with E-state index in [0.717, 1.165) is 12.0 Å². The molecular weight excluding hydrogens is 226 g/mol. The van der Waals surface area contributed by atoms with Gasteiger partial charge in [-0.1, -0.05) is 13.3 Å². The van der Waals surface area contributed by atoms with Crippen LogP contribution in [0, 0.1) is 6.92 Å². The Morgan fingerprint density at radius 3 is 2.62 bits per heavy atom. The topological polar surface area (TPSA) is 66.4 Å². The van der Waals surface area contributed by atoms with Crippen molar-refractivity contribution < 1.29 is 14.7 Å². The number of aliphatic carboxylic acids is 1. The summed E-state index contributed by atoms with van der Waals surface area (Å²) >= 11 is 1.44. The molecule has 1 amide bonds. The molecule has 0 saturated carbocycles. The number of carbonyl (C=O) groups is 2. The molecule has 16 heavy (non-hydrogen) atoms. The summed E-state index contributed by atoms with van der Waals surface area (Å²) in [4.78, 5) is 22.6. The van der Waals surface area contributed by atoms with Crippen LogP contribution < -0.4 is 5.32 Å². The first-order valence-electron chi connectivity index (χ1n) is 5.12. The van der Waals surface area contributed by atoms with Crippen molar-refractivity contribution in [3.05, 3.63) is 21.9 Å². The summed E-state index contributed by atoms with van der Waals surface area (Å²) in [7, 11) is 0. The summed E-state index contributed by atoms with van der Waals surface area (Å²) in [5, 5.41) is 15.0. The van der Waals surface area contributed by atoms with Crippen LogP contribution in [0.15, 0.2) is 10.8 Å². The van der Waals surface area contributed by atoms with E-state index in [1.807, 2.05) is 19.2 Å². The van der Waals surface area contributed by atoms with Gasteiger partial charge in [0.25, 0.3) is 5.91 Å². The second kappa shape index (κ2) is 5.65. The van der Waals surface area contributed by atoms with Gasteiger partial charge in [-0.25, -0.2) is 4.79 Å². The van der Waals surface area contributed by atoms with Crippen LogP contribution in [0.5, 0.6) is 0 Å². The second-order valence-electron chi connectivity index (χ2n) is 3.62. The summed E-state index contributed by atoms with van der Waals surface area (Å²) in [6.45, 7) is 3.72. The molecule has 0 saturated heterocycles. The Hall–Kier alpha value is -1.36. The highest BCUT2D eigenvalue weighted by Gasteiger charge is 2.20. The first kappa shape index (κ1) is 12.7. The first-order valence-corrected chi connectivity index (χ1v) is 6.07. The van der Waals surface area contributed by atoms with E-state index in [-0.39, 0.29) is 5.91 Å². The average molecular weight is 241 g/mol. The number of carboxylic acid groups (broad SMARTS) is 1. The van der Waals surface area contributed by atoms with Crippen molar-refractivity contribution in [2.24, 2.45) is 0 Å². The van der Waals surface area contributed by atoms with Gasteiger partial charge in [0.1, 0.15) is 6.04 Å². The van der Waals surface area contributed by atoms with Crippen molar-refractivity contribution >= 4 is 23.2 Å². The molecule has 1 atom stereocenters. The Morgan fingerprint density at radius 2 is 2.19 bits per heavy atom. The van der Waals surface area contributed by atoms with Crippen LogP contribution in [0.1, 0.15) is 35.7 Å². The standard InChI is InChI=1S/C11H15NO3S/c1-3-4-9(11(14)15)12-10(13)8-6-16-5-7(8)2/h5-6,9H,3-4H2,1-2H3,(H,12,13)(H,14,15)/t9-/m1/s1. The minimum absolute atomic E-state index is 0.306. The number of carboxylic acids is 1. The Kier molecular flexibility index (Phi) is 4.49. The molecule has 0 spiro atoms. The lowest BCUT2D eigenvalue weighted by Crippen LogP contribution is -2.40. The fourth-order valence-electron chi connectivity index (χ4n) is 1.38. The minimum Gasteiger partial charge on any atom is -0.480 e. The molecule has 1 aromatic heterocycles. The molecule has 0 aromatic carbocycles. The van der Waals surface area contributed by atoms with E-state index in [0.29, 0.717) is 12.0 Å². The lowest BCUT2D eigenvalue weighted by atomic mass is 10.1. The number of aryl methyl sites for hydroxylation is 1. The summed E-state index contributed by atoms with van der Waals surface area (Å²) in [6.07, 6.45) is 1.17. The number of amides is 1. The Morgan fingerprint density at radius 1 is 1.50 bits per heavy atom. The third kappa shape index (κ3) is 3.06. The van der Waals surface area contributed by atoms with E-state index >= 15 is 0 Å².